The van der Waals surface area contributed by atoms with Gasteiger partial charge in [0.1, 0.15) is 16.5 Å². The quantitative estimate of drug-likeness (QED) is 0.264. The molecule has 0 fully saturated rings. The Hall–Kier alpha value is -3.39. The molecule has 0 aliphatic heterocycles. The number of amides is 1. The van der Waals surface area contributed by atoms with E-state index in [0.29, 0.717) is 30.1 Å². The molecular weight excluding hydrogens is 489 g/mol. The zero-order valence-electron chi connectivity index (χ0n) is 18.5. The molecule has 10 nitrogen and oxygen atoms in total. The van der Waals surface area contributed by atoms with E-state index >= 15 is 0 Å². The number of ketones is 1. The van der Waals surface area contributed by atoms with Gasteiger partial charge in [-0.3, -0.25) is 14.3 Å². The minimum Gasteiger partial charge on any atom is -0.406 e. The third kappa shape index (κ3) is 9.05. The van der Waals surface area contributed by atoms with Crippen molar-refractivity contribution in [1.82, 2.24) is 25.2 Å². The molecule has 0 unspecified atom stereocenters. The lowest BCUT2D eigenvalue weighted by molar-refractivity contribution is -0.274. The predicted octanol–water partition coefficient (Wildman–Crippen LogP) is 3.19. The van der Waals surface area contributed by atoms with Crippen LogP contribution in [0.15, 0.2) is 30.5 Å². The van der Waals surface area contributed by atoms with Gasteiger partial charge in [-0.1, -0.05) is 28.7 Å². The molecule has 2 aromatic heterocycles. The van der Waals surface area contributed by atoms with Crippen molar-refractivity contribution >= 4 is 28.2 Å². The number of unbranched alkanes of at least 4 members (excludes halogenated alkanes) is 1. The zero-order valence-corrected chi connectivity index (χ0v) is 19.3. The second-order valence-corrected chi connectivity index (χ2v) is 8.56. The summed E-state index contributed by atoms with van der Waals surface area (Å²) in [5, 5.41) is 28.2. The van der Waals surface area contributed by atoms with Crippen LogP contribution >= 0.6 is 11.3 Å². The Labute approximate surface area is 202 Å². The van der Waals surface area contributed by atoms with E-state index in [1.807, 2.05) is 0 Å². The molecule has 3 rings (SSSR count). The van der Waals surface area contributed by atoms with Crippen LogP contribution < -0.4 is 10.1 Å². The Balaban J connectivity index is 1.40. The molecule has 0 aliphatic rings. The highest BCUT2D eigenvalue weighted by atomic mass is 32.1. The summed E-state index contributed by atoms with van der Waals surface area (Å²) in [6, 6.07) is 5.22. The number of nitrogens with one attached hydrogen (secondary N) is 1. The molecule has 2 N–H and O–H groups in total. The van der Waals surface area contributed by atoms with Crippen molar-refractivity contribution in [1.29, 1.82) is 0 Å². The maximum absolute atomic E-state index is 12.3. The number of rotatable bonds is 13. The van der Waals surface area contributed by atoms with Crippen LogP contribution in [0.2, 0.25) is 0 Å². The first-order chi connectivity index (χ1) is 16.7. The van der Waals surface area contributed by atoms with Gasteiger partial charge < -0.3 is 15.2 Å². The molecule has 0 bridgehead atoms. The van der Waals surface area contributed by atoms with Crippen molar-refractivity contribution in [2.24, 2.45) is 0 Å². The van der Waals surface area contributed by atoms with Gasteiger partial charge in [-0.2, -0.15) is 0 Å². The number of carbonyl (C=O) groups is 2. The van der Waals surface area contributed by atoms with Crippen molar-refractivity contribution < 1.29 is 32.6 Å². The lowest BCUT2D eigenvalue weighted by Gasteiger charge is -2.09. The van der Waals surface area contributed by atoms with Gasteiger partial charge in [0.2, 0.25) is 11.0 Å². The molecule has 0 radical (unpaired) electrons. The molecule has 0 saturated carbocycles. The summed E-state index contributed by atoms with van der Waals surface area (Å²) in [5.41, 5.74) is 0.642. The van der Waals surface area contributed by atoms with E-state index in [2.05, 4.69) is 30.6 Å². The van der Waals surface area contributed by atoms with E-state index in [1.165, 1.54) is 23.5 Å². The van der Waals surface area contributed by atoms with Crippen molar-refractivity contribution in [2.45, 2.75) is 51.4 Å². The summed E-state index contributed by atoms with van der Waals surface area (Å²) in [4.78, 5) is 24.1. The largest absolute Gasteiger partial charge is 0.573 e. The molecule has 14 heteroatoms. The van der Waals surface area contributed by atoms with Crippen molar-refractivity contribution in [3.8, 4) is 5.75 Å². The summed E-state index contributed by atoms with van der Waals surface area (Å²) in [6.07, 6.45) is -0.601. The number of benzene rings is 1. The standard InChI is InChI=1S/C21H23F3N6O4S/c22-21(23,24)34-15-6-3-5-14(11-15)12-18(33)25-20-28-27-19(35-20)8-1-2-9-30-13-16(26-29-30)17(32)7-4-10-31/h3,5-6,11,13,31H,1-2,4,7-10,12H2,(H,25,28,33). The number of halogens is 3. The van der Waals surface area contributed by atoms with Crippen LogP contribution in [0.3, 0.4) is 0 Å². The van der Waals surface area contributed by atoms with Crippen LogP contribution in [-0.4, -0.2) is 55.0 Å². The molecule has 0 spiro atoms. The summed E-state index contributed by atoms with van der Waals surface area (Å²) in [7, 11) is 0. The molecule has 2 heterocycles. The normalized spacial score (nSPS) is 11.4. The minimum atomic E-state index is -4.80. The Morgan fingerprint density at radius 2 is 1.97 bits per heavy atom. The molecule has 3 aromatic rings. The first kappa shape index (κ1) is 26.2. The van der Waals surface area contributed by atoms with Crippen molar-refractivity contribution in [3.63, 3.8) is 0 Å². The molecule has 0 atom stereocenters. The lowest BCUT2D eigenvalue weighted by Crippen LogP contribution is -2.17. The fourth-order valence-electron chi connectivity index (χ4n) is 3.06. The van der Waals surface area contributed by atoms with Gasteiger partial charge in [0.05, 0.1) is 12.6 Å². The van der Waals surface area contributed by atoms with Crippen LogP contribution in [0.25, 0.3) is 0 Å². The van der Waals surface area contributed by atoms with Crippen molar-refractivity contribution in [2.75, 3.05) is 11.9 Å². The number of ether oxygens (including phenoxy) is 1. The molecule has 1 aromatic carbocycles. The number of hydrogen-bond donors (Lipinski definition) is 2. The van der Waals surface area contributed by atoms with E-state index in [-0.39, 0.29) is 30.9 Å². The third-order valence-corrected chi connectivity index (χ3v) is 5.52. The maximum Gasteiger partial charge on any atom is 0.573 e. The second-order valence-electron chi connectivity index (χ2n) is 7.50. The highest BCUT2D eigenvalue weighted by Gasteiger charge is 2.31. The highest BCUT2D eigenvalue weighted by molar-refractivity contribution is 7.15. The Morgan fingerprint density at radius 3 is 2.74 bits per heavy atom. The summed E-state index contributed by atoms with van der Waals surface area (Å²) in [5.74, 6) is -0.986. The fourth-order valence-corrected chi connectivity index (χ4v) is 3.86. The first-order valence-electron chi connectivity index (χ1n) is 10.7. The molecule has 0 aliphatic carbocycles. The van der Waals surface area contributed by atoms with Gasteiger partial charge in [0.15, 0.2) is 5.78 Å². The molecular formula is C21H23F3N6O4S. The van der Waals surface area contributed by atoms with Crippen LogP contribution in [0.1, 0.15) is 46.7 Å². The lowest BCUT2D eigenvalue weighted by atomic mass is 10.1. The number of Topliss-reactive ketones (excluding diaryl/α,β-unsaturated/α-hetero) is 1. The Morgan fingerprint density at radius 1 is 1.14 bits per heavy atom. The number of carbonyl (C=O) groups excluding carboxylic acids is 2. The average molecular weight is 513 g/mol. The maximum atomic E-state index is 12.3. The SMILES string of the molecule is O=C(Cc1cccc(OC(F)(F)F)c1)Nc1nnc(CCCCn2cc(C(=O)CCCO)nn2)s1. The minimum absolute atomic E-state index is 0.0501. The number of hydrogen-bond acceptors (Lipinski definition) is 9. The van der Waals surface area contributed by atoms with Gasteiger partial charge in [0, 0.05) is 26.0 Å². The smallest absolute Gasteiger partial charge is 0.406 e. The predicted molar refractivity (Wildman–Crippen MR) is 119 cm³/mol. The number of aryl methyl sites for hydroxylation is 2. The van der Waals surface area contributed by atoms with Crippen LogP contribution in [0.4, 0.5) is 18.3 Å². The second kappa shape index (κ2) is 12.4. The summed E-state index contributed by atoms with van der Waals surface area (Å²) >= 11 is 1.22. The van der Waals surface area contributed by atoms with Gasteiger partial charge in [-0.25, -0.2) is 0 Å². The summed E-state index contributed by atoms with van der Waals surface area (Å²) < 4.78 is 42.5. The van der Waals surface area contributed by atoms with Crippen LogP contribution in [-0.2, 0) is 24.2 Å². The van der Waals surface area contributed by atoms with Crippen LogP contribution in [0, 0.1) is 0 Å². The number of aliphatic hydroxyl groups excluding tert-OH is 1. The first-order valence-corrected chi connectivity index (χ1v) is 11.5. The van der Waals surface area contributed by atoms with Crippen LogP contribution in [0.5, 0.6) is 5.75 Å². The molecule has 188 valence electrons. The number of anilines is 1. The number of nitrogens with zero attached hydrogens (tertiary/aromatic N) is 5. The topological polar surface area (TPSA) is 132 Å². The number of aliphatic hydroxyl groups is 1. The average Bonchev–Trinajstić information content (AvgIpc) is 3.43. The third-order valence-electron chi connectivity index (χ3n) is 4.62. The monoisotopic (exact) mass is 512 g/mol. The van der Waals surface area contributed by atoms with Crippen molar-refractivity contribution in [3.05, 3.63) is 46.7 Å². The van der Waals surface area contributed by atoms with Gasteiger partial charge in [-0.05, 0) is 37.0 Å². The van der Waals surface area contributed by atoms with E-state index in [1.54, 1.807) is 10.9 Å². The van der Waals surface area contributed by atoms with E-state index in [4.69, 9.17) is 5.11 Å². The van der Waals surface area contributed by atoms with E-state index in [9.17, 15) is 22.8 Å². The Kier molecular flexibility index (Phi) is 9.25. The zero-order chi connectivity index (χ0) is 25.3. The molecule has 1 amide bonds. The molecule has 0 saturated heterocycles. The number of aromatic nitrogens is 5. The Bertz CT molecular complexity index is 1130. The highest BCUT2D eigenvalue weighted by Crippen LogP contribution is 2.24. The van der Waals surface area contributed by atoms with E-state index in [0.717, 1.165) is 30.0 Å². The number of alkyl halides is 3. The summed E-state index contributed by atoms with van der Waals surface area (Å²) in [6.45, 7) is 0.519. The fraction of sp³-hybridized carbons (Fsp3) is 0.429. The van der Waals surface area contributed by atoms with Gasteiger partial charge in [-0.15, -0.1) is 28.5 Å². The molecule has 35 heavy (non-hydrogen) atoms. The van der Waals surface area contributed by atoms with E-state index < -0.39 is 18.0 Å². The van der Waals surface area contributed by atoms with Gasteiger partial charge >= 0.3 is 6.36 Å². The van der Waals surface area contributed by atoms with Gasteiger partial charge in [0.25, 0.3) is 0 Å².